The van der Waals surface area contributed by atoms with Gasteiger partial charge in [-0.15, -0.1) is 0 Å². The largest absolute Gasteiger partial charge is 0.467 e. The van der Waals surface area contributed by atoms with E-state index in [4.69, 9.17) is 10.2 Å². The molecule has 4 aromatic rings. The van der Waals surface area contributed by atoms with Gasteiger partial charge in [-0.25, -0.2) is 4.98 Å². The van der Waals surface area contributed by atoms with Gasteiger partial charge in [0.2, 0.25) is 0 Å². The van der Waals surface area contributed by atoms with Crippen LogP contribution in [0.4, 0.5) is 23.0 Å². The number of hydrogen-bond donors (Lipinski definition) is 4. The number of furan rings is 1. The molecule has 0 unspecified atom stereocenters. The topological polar surface area (TPSA) is 118 Å². The third-order valence-corrected chi connectivity index (χ3v) is 3.53. The molecule has 0 bridgehead atoms. The molecule has 0 amide bonds. The molecule has 4 rings (SSSR count). The lowest BCUT2D eigenvalue weighted by Crippen LogP contribution is -2.04. The van der Waals surface area contributed by atoms with E-state index in [0.29, 0.717) is 23.9 Å². The second kappa shape index (κ2) is 5.92. The van der Waals surface area contributed by atoms with Crippen LogP contribution in [-0.4, -0.2) is 20.4 Å². The summed E-state index contributed by atoms with van der Waals surface area (Å²) in [6.07, 6.45) is 1.64. The molecule has 3 aromatic heterocycles. The predicted molar refractivity (Wildman–Crippen MR) is 91.9 cm³/mol. The molecule has 0 spiro atoms. The first-order valence-corrected chi connectivity index (χ1v) is 7.38. The maximum atomic E-state index is 6.02. The highest BCUT2D eigenvalue weighted by Crippen LogP contribution is 2.24. The zero-order valence-electron chi connectivity index (χ0n) is 12.7. The fraction of sp³-hybridized carbons (Fsp3) is 0.0625. The number of anilines is 4. The van der Waals surface area contributed by atoms with Crippen LogP contribution in [0.1, 0.15) is 5.76 Å². The molecule has 0 aliphatic rings. The van der Waals surface area contributed by atoms with Crippen LogP contribution in [-0.2, 0) is 6.54 Å². The number of H-pyrrole nitrogens is 1. The molecule has 0 saturated carbocycles. The molecule has 24 heavy (non-hydrogen) atoms. The third-order valence-electron chi connectivity index (χ3n) is 3.53. The monoisotopic (exact) mass is 321 g/mol. The molecule has 0 aliphatic carbocycles. The minimum Gasteiger partial charge on any atom is -0.467 e. The van der Waals surface area contributed by atoms with Crippen molar-refractivity contribution in [2.45, 2.75) is 6.54 Å². The maximum Gasteiger partial charge on any atom is 0.156 e. The molecule has 5 N–H and O–H groups in total. The predicted octanol–water partition coefficient (Wildman–Crippen LogP) is 2.88. The Morgan fingerprint density at radius 3 is 2.88 bits per heavy atom. The first-order chi connectivity index (χ1) is 11.8. The van der Waals surface area contributed by atoms with E-state index < -0.39 is 0 Å². The number of fused-ring (bicyclic) bond motifs is 1. The van der Waals surface area contributed by atoms with Crippen LogP contribution in [0.15, 0.2) is 53.1 Å². The lowest BCUT2D eigenvalue weighted by Gasteiger charge is -2.11. The number of rotatable bonds is 5. The van der Waals surface area contributed by atoms with Gasteiger partial charge in [-0.2, -0.15) is 15.4 Å². The second-order valence-electron chi connectivity index (χ2n) is 5.22. The Kier molecular flexibility index (Phi) is 3.47. The SMILES string of the molecule is Nc1ccc(NCc2ccco2)nc1Nc1ccc2n[nH]nc2c1. The standard InChI is InChI=1S/C16H15N7O/c17-12-4-6-15(18-9-11-2-1-7-24-11)20-16(12)19-10-3-5-13-14(8-10)22-23-21-13/h1-8H,9,17H2,(H2,18,19,20)(H,21,22,23). The summed E-state index contributed by atoms with van der Waals surface area (Å²) < 4.78 is 5.29. The highest BCUT2D eigenvalue weighted by Gasteiger charge is 2.06. The number of aromatic amines is 1. The number of benzene rings is 1. The Labute approximate surface area is 137 Å². The zero-order valence-corrected chi connectivity index (χ0v) is 12.7. The molecule has 0 fully saturated rings. The molecule has 0 atom stereocenters. The fourth-order valence-corrected chi connectivity index (χ4v) is 2.31. The van der Waals surface area contributed by atoms with Gasteiger partial charge in [0.15, 0.2) is 5.82 Å². The van der Waals surface area contributed by atoms with Gasteiger partial charge in [-0.1, -0.05) is 0 Å². The molecular formula is C16H15N7O. The average molecular weight is 321 g/mol. The lowest BCUT2D eigenvalue weighted by molar-refractivity contribution is 0.518. The van der Waals surface area contributed by atoms with E-state index in [2.05, 4.69) is 31.0 Å². The van der Waals surface area contributed by atoms with Crippen molar-refractivity contribution in [3.05, 3.63) is 54.5 Å². The van der Waals surface area contributed by atoms with E-state index in [9.17, 15) is 0 Å². The first kappa shape index (κ1) is 14.1. The lowest BCUT2D eigenvalue weighted by atomic mass is 10.2. The molecular weight excluding hydrogens is 306 g/mol. The number of nitrogens with two attached hydrogens (primary N) is 1. The van der Waals surface area contributed by atoms with Gasteiger partial charge in [0.25, 0.3) is 0 Å². The van der Waals surface area contributed by atoms with E-state index in [1.807, 2.05) is 36.4 Å². The Balaban J connectivity index is 1.54. The summed E-state index contributed by atoms with van der Waals surface area (Å²) >= 11 is 0. The summed E-state index contributed by atoms with van der Waals surface area (Å²) in [4.78, 5) is 4.50. The van der Waals surface area contributed by atoms with Gasteiger partial charge in [0.1, 0.15) is 22.6 Å². The number of hydrogen-bond acceptors (Lipinski definition) is 7. The van der Waals surface area contributed by atoms with Gasteiger partial charge < -0.3 is 20.8 Å². The number of nitrogens with zero attached hydrogens (tertiary/aromatic N) is 3. The summed E-state index contributed by atoms with van der Waals surface area (Å²) in [7, 11) is 0. The average Bonchev–Trinajstić information content (AvgIpc) is 3.26. The van der Waals surface area contributed by atoms with Gasteiger partial charge in [0, 0.05) is 5.69 Å². The Morgan fingerprint density at radius 2 is 2.00 bits per heavy atom. The number of nitrogen functional groups attached to an aromatic ring is 1. The van der Waals surface area contributed by atoms with E-state index in [0.717, 1.165) is 22.5 Å². The molecule has 8 nitrogen and oxygen atoms in total. The first-order valence-electron chi connectivity index (χ1n) is 7.38. The van der Waals surface area contributed by atoms with E-state index in [1.165, 1.54) is 0 Å². The Morgan fingerprint density at radius 1 is 1.08 bits per heavy atom. The fourth-order valence-electron chi connectivity index (χ4n) is 2.31. The number of aromatic nitrogens is 4. The quantitative estimate of drug-likeness (QED) is 0.446. The van der Waals surface area contributed by atoms with Crippen molar-refractivity contribution in [2.75, 3.05) is 16.4 Å². The second-order valence-corrected chi connectivity index (χ2v) is 5.22. The molecule has 3 heterocycles. The van der Waals surface area contributed by atoms with Crippen LogP contribution in [0.5, 0.6) is 0 Å². The van der Waals surface area contributed by atoms with Crippen molar-refractivity contribution in [1.29, 1.82) is 0 Å². The van der Waals surface area contributed by atoms with E-state index in [-0.39, 0.29) is 0 Å². The van der Waals surface area contributed by atoms with E-state index >= 15 is 0 Å². The highest BCUT2D eigenvalue weighted by atomic mass is 16.3. The summed E-state index contributed by atoms with van der Waals surface area (Å²) in [6.45, 7) is 0.550. The normalized spacial score (nSPS) is 10.8. The van der Waals surface area contributed by atoms with Gasteiger partial charge in [-0.3, -0.25) is 0 Å². The van der Waals surface area contributed by atoms with Gasteiger partial charge in [-0.05, 0) is 42.5 Å². The third kappa shape index (κ3) is 2.84. The van der Waals surface area contributed by atoms with Crippen molar-refractivity contribution in [1.82, 2.24) is 20.4 Å². The Bertz CT molecular complexity index is 962. The molecule has 0 saturated heterocycles. The van der Waals surface area contributed by atoms with Crippen LogP contribution >= 0.6 is 0 Å². The minimum atomic E-state index is 0.550. The van der Waals surface area contributed by atoms with Crippen molar-refractivity contribution >= 4 is 34.0 Å². The van der Waals surface area contributed by atoms with Crippen molar-refractivity contribution < 1.29 is 4.42 Å². The van der Waals surface area contributed by atoms with Crippen LogP contribution in [0, 0.1) is 0 Å². The maximum absolute atomic E-state index is 6.02. The molecule has 0 radical (unpaired) electrons. The summed E-state index contributed by atoms with van der Waals surface area (Å²) in [6, 6.07) is 13.0. The van der Waals surface area contributed by atoms with Gasteiger partial charge in [0.05, 0.1) is 18.5 Å². The summed E-state index contributed by atoms with van der Waals surface area (Å²) in [5.41, 5.74) is 8.97. The molecule has 120 valence electrons. The van der Waals surface area contributed by atoms with E-state index in [1.54, 1.807) is 12.3 Å². The van der Waals surface area contributed by atoms with Crippen LogP contribution in [0.2, 0.25) is 0 Å². The zero-order chi connectivity index (χ0) is 16.4. The van der Waals surface area contributed by atoms with Crippen molar-refractivity contribution in [2.24, 2.45) is 0 Å². The smallest absolute Gasteiger partial charge is 0.156 e. The minimum absolute atomic E-state index is 0.550. The van der Waals surface area contributed by atoms with Crippen LogP contribution in [0.25, 0.3) is 11.0 Å². The van der Waals surface area contributed by atoms with Crippen molar-refractivity contribution in [3.8, 4) is 0 Å². The highest BCUT2D eigenvalue weighted by molar-refractivity contribution is 5.80. The number of pyridine rings is 1. The van der Waals surface area contributed by atoms with Crippen LogP contribution < -0.4 is 16.4 Å². The van der Waals surface area contributed by atoms with Crippen molar-refractivity contribution in [3.63, 3.8) is 0 Å². The Hall–Kier alpha value is -3.55. The van der Waals surface area contributed by atoms with Gasteiger partial charge >= 0.3 is 0 Å². The molecule has 8 heteroatoms. The number of nitrogens with one attached hydrogen (secondary N) is 3. The van der Waals surface area contributed by atoms with Crippen LogP contribution in [0.3, 0.4) is 0 Å². The molecule has 0 aliphatic heterocycles. The summed E-state index contributed by atoms with van der Waals surface area (Å²) in [5.74, 6) is 2.10. The summed E-state index contributed by atoms with van der Waals surface area (Å²) in [5, 5.41) is 17.1. The molecule has 1 aromatic carbocycles.